The zero-order valence-electron chi connectivity index (χ0n) is 22.0. The lowest BCUT2D eigenvalue weighted by Crippen LogP contribution is -2.22. The maximum Gasteiger partial charge on any atom is 0.402 e. The molecule has 0 aromatic carbocycles. The molecule has 2 N–H and O–H groups in total. The molecule has 0 unspecified atom stereocenters. The number of alkyl halides is 7. The number of imide groups is 1. The van der Waals surface area contributed by atoms with E-state index in [0.717, 1.165) is 23.2 Å². The van der Waals surface area contributed by atoms with Crippen LogP contribution < -0.4 is 10.6 Å². The van der Waals surface area contributed by atoms with Crippen LogP contribution in [0.1, 0.15) is 38.1 Å². The number of aromatic nitrogens is 2. The highest BCUT2D eigenvalue weighted by Gasteiger charge is 2.24. The summed E-state index contributed by atoms with van der Waals surface area (Å²) in [4.78, 5) is 50.8. The Hall–Kier alpha value is -1.44. The van der Waals surface area contributed by atoms with E-state index in [1.807, 2.05) is 25.2 Å². The van der Waals surface area contributed by atoms with Crippen LogP contribution in [0.15, 0.2) is 11.1 Å². The Bertz CT molecular complexity index is 902. The van der Waals surface area contributed by atoms with E-state index in [1.54, 1.807) is 0 Å². The highest BCUT2D eigenvalue weighted by molar-refractivity contribution is 6.85. The number of carbonyl (C=O) groups excluding carboxylic acids is 4. The van der Waals surface area contributed by atoms with E-state index in [0.29, 0.717) is 17.7 Å². The second-order valence-corrected chi connectivity index (χ2v) is 9.35. The Morgan fingerprint density at radius 2 is 1.48 bits per heavy atom. The molecule has 4 amide bonds. The lowest BCUT2D eigenvalue weighted by atomic mass is 10.4. The predicted molar refractivity (Wildman–Crippen MR) is 154 cm³/mol. The van der Waals surface area contributed by atoms with Crippen LogP contribution in [-0.2, 0) is 14.4 Å². The van der Waals surface area contributed by atoms with E-state index in [-0.39, 0.29) is 22.7 Å². The largest absolute Gasteiger partial charge is 0.402 e. The molecule has 1 saturated carbocycles. The molecule has 1 aliphatic heterocycles. The van der Waals surface area contributed by atoms with Gasteiger partial charge in [-0.1, -0.05) is 11.6 Å². The topological polar surface area (TPSA) is 130 Å². The Morgan fingerprint density at radius 1 is 1.02 bits per heavy atom. The molecule has 3 rings (SSSR count). The van der Waals surface area contributed by atoms with E-state index < -0.39 is 24.0 Å². The minimum atomic E-state index is -4.19. The first-order valence-electron chi connectivity index (χ1n) is 11.0. The number of aryl methyl sites for hydroxylation is 2. The highest BCUT2D eigenvalue weighted by atomic mass is 35.5. The third-order valence-corrected chi connectivity index (χ3v) is 5.02. The van der Waals surface area contributed by atoms with Crippen molar-refractivity contribution >= 4 is 98.4 Å². The Morgan fingerprint density at radius 3 is 1.60 bits per heavy atom. The van der Waals surface area contributed by atoms with Crippen LogP contribution in [0, 0.1) is 19.8 Å². The number of urea groups is 1. The van der Waals surface area contributed by atoms with Crippen LogP contribution in [0.5, 0.6) is 0 Å². The molecule has 18 heteroatoms. The summed E-state index contributed by atoms with van der Waals surface area (Å²) in [7, 11) is 0. The van der Waals surface area contributed by atoms with Gasteiger partial charge in [0.15, 0.2) is 5.17 Å². The molecule has 1 aromatic heterocycles. The van der Waals surface area contributed by atoms with E-state index in [9.17, 15) is 32.3 Å². The maximum atomic E-state index is 10.7. The van der Waals surface area contributed by atoms with Gasteiger partial charge in [-0.2, -0.15) is 18.2 Å². The fourth-order valence-electron chi connectivity index (χ4n) is 1.49. The third-order valence-electron chi connectivity index (χ3n) is 3.29. The number of carbonyl (C=O) groups is 4. The first-order valence-corrected chi connectivity index (χ1v) is 13.9. The highest BCUT2D eigenvalue weighted by Crippen LogP contribution is 2.29. The van der Waals surface area contributed by atoms with Crippen molar-refractivity contribution in [1.82, 2.24) is 20.6 Å². The second-order valence-electron chi connectivity index (χ2n) is 7.44. The Kier molecular flexibility index (Phi) is 27.2. The van der Waals surface area contributed by atoms with E-state index in [2.05, 4.69) is 31.9 Å². The van der Waals surface area contributed by atoms with Gasteiger partial charge in [-0.05, 0) is 57.2 Å². The van der Waals surface area contributed by atoms with Crippen LogP contribution in [0.25, 0.3) is 0 Å². The molecule has 40 heavy (non-hydrogen) atoms. The smallest absolute Gasteiger partial charge is 0.355 e. The van der Waals surface area contributed by atoms with Crippen LogP contribution in [0.4, 0.5) is 18.0 Å². The molecule has 0 saturated heterocycles. The maximum absolute atomic E-state index is 10.7. The number of ketones is 1. The molecule has 2 heterocycles. The minimum Gasteiger partial charge on any atom is -0.355 e. The molecule has 0 radical (unpaired) electrons. The summed E-state index contributed by atoms with van der Waals surface area (Å²) in [5.74, 6) is 0.521. The van der Waals surface area contributed by atoms with Gasteiger partial charge in [-0.3, -0.25) is 19.7 Å². The molecule has 2 aliphatic rings. The number of aliphatic imine (C=N–C) groups is 1. The quantitative estimate of drug-likeness (QED) is 0.284. The van der Waals surface area contributed by atoms with E-state index >= 15 is 0 Å². The van der Waals surface area contributed by atoms with Crippen LogP contribution >= 0.6 is 69.6 Å². The standard InChI is InChI=1S/C6H7ClN2.C4H8ClNO.C4H7Cl.C3HClN2O2.C3H5ClO.C2H2ClF3/c1-4-3-5(2)9-6(7)8-4;1-4(7)6-3-2-5;5-3-4-1-2-4;4-1-2(7)6-3(8)5-1;1-3(5)2-4;3-1-2(4,5)6/h3H,1-2H3;2-3H2,1H3,(H,6,7);4H,1-3H2;(H,6,7,8);2H2,1H3;1H2. The van der Waals surface area contributed by atoms with Crippen molar-refractivity contribution in [3.05, 3.63) is 22.7 Å². The molecule has 9 nitrogen and oxygen atoms in total. The average Bonchev–Trinajstić information content (AvgIpc) is 3.63. The normalized spacial score (nSPS) is 13.0. The second kappa shape index (κ2) is 25.3. The molecular formula is C22H30Cl6F3N5O4. The summed E-state index contributed by atoms with van der Waals surface area (Å²) in [6.07, 6.45) is -1.44. The van der Waals surface area contributed by atoms with Crippen molar-refractivity contribution in [1.29, 1.82) is 0 Å². The van der Waals surface area contributed by atoms with Crippen molar-refractivity contribution < 1.29 is 32.3 Å². The third kappa shape index (κ3) is 34.6. The number of hydrogen-bond donors (Lipinski definition) is 2. The van der Waals surface area contributed by atoms with Gasteiger partial charge in [-0.15, -0.1) is 46.4 Å². The van der Waals surface area contributed by atoms with Crippen molar-refractivity contribution in [2.45, 2.75) is 46.7 Å². The van der Waals surface area contributed by atoms with E-state index in [1.165, 1.54) is 26.7 Å². The molecule has 1 aliphatic carbocycles. The summed E-state index contributed by atoms with van der Waals surface area (Å²) in [6.45, 7) is 7.26. The molecule has 1 fully saturated rings. The zero-order valence-corrected chi connectivity index (χ0v) is 26.5. The summed E-state index contributed by atoms with van der Waals surface area (Å²) in [5.41, 5.74) is 1.82. The fourth-order valence-corrected chi connectivity index (χ4v) is 2.29. The van der Waals surface area contributed by atoms with E-state index in [4.69, 9.17) is 58.0 Å². The van der Waals surface area contributed by atoms with Gasteiger partial charge in [0.25, 0.3) is 5.91 Å². The van der Waals surface area contributed by atoms with Crippen LogP contribution in [-0.4, -0.2) is 75.0 Å². The number of rotatable bonds is 4. The van der Waals surface area contributed by atoms with Gasteiger partial charge in [0.05, 0.1) is 5.88 Å². The van der Waals surface area contributed by atoms with Crippen molar-refractivity contribution in [2.24, 2.45) is 10.9 Å². The summed E-state index contributed by atoms with van der Waals surface area (Å²) in [5, 5.41) is 4.41. The number of Topliss-reactive ketones (excluding diaryl/α,β-unsaturated/α-hetero) is 1. The Labute approximate surface area is 260 Å². The molecular weight excluding hydrogens is 668 g/mol. The van der Waals surface area contributed by atoms with Crippen molar-refractivity contribution in [2.75, 3.05) is 30.1 Å². The first kappa shape index (κ1) is 43.0. The summed E-state index contributed by atoms with van der Waals surface area (Å²) in [6, 6.07) is 1.19. The van der Waals surface area contributed by atoms with Gasteiger partial charge in [0, 0.05) is 36.6 Å². The van der Waals surface area contributed by atoms with Crippen molar-refractivity contribution in [3.8, 4) is 0 Å². The van der Waals surface area contributed by atoms with Gasteiger partial charge < -0.3 is 5.32 Å². The Balaban J connectivity index is -0.000000417. The predicted octanol–water partition coefficient (Wildman–Crippen LogP) is 6.22. The number of hydrogen-bond acceptors (Lipinski definition) is 6. The lowest BCUT2D eigenvalue weighted by molar-refractivity contribution is -0.119. The molecule has 0 spiro atoms. The minimum absolute atomic E-state index is 0.0201. The zero-order chi connectivity index (χ0) is 31.9. The van der Waals surface area contributed by atoms with Gasteiger partial charge in [0.2, 0.25) is 11.2 Å². The average molecular weight is 698 g/mol. The van der Waals surface area contributed by atoms with Crippen LogP contribution in [0.2, 0.25) is 5.28 Å². The van der Waals surface area contributed by atoms with Crippen molar-refractivity contribution in [3.63, 3.8) is 0 Å². The number of nitrogens with zero attached hydrogens (tertiary/aromatic N) is 3. The summed E-state index contributed by atoms with van der Waals surface area (Å²) < 4.78 is 32.0. The van der Waals surface area contributed by atoms with Crippen LogP contribution in [0.3, 0.4) is 0 Å². The lowest BCUT2D eigenvalue weighted by Gasteiger charge is -1.94. The van der Waals surface area contributed by atoms with Gasteiger partial charge in [-0.25, -0.2) is 14.8 Å². The first-order chi connectivity index (χ1) is 18.4. The molecule has 0 atom stereocenters. The van der Waals surface area contributed by atoms with Gasteiger partial charge in [0.1, 0.15) is 11.7 Å². The number of amides is 4. The molecule has 1 aromatic rings. The summed E-state index contributed by atoms with van der Waals surface area (Å²) >= 11 is 30.6. The van der Waals surface area contributed by atoms with Gasteiger partial charge >= 0.3 is 12.2 Å². The number of halogens is 9. The molecule has 230 valence electrons. The SMILES string of the molecule is CC(=O)CCl.CC(=O)NCCCl.Cc1cc(C)nc(Cl)n1.ClCC1CC1.FC(F)(F)CCl.O=C1N=C(Cl)C(=O)N1. The number of nitrogens with one attached hydrogen (secondary N) is 2. The monoisotopic (exact) mass is 695 g/mol. The fraction of sp³-hybridized carbons (Fsp3) is 0.591. The molecule has 0 bridgehead atoms.